The van der Waals surface area contributed by atoms with Crippen molar-refractivity contribution in [1.82, 2.24) is 14.5 Å². The van der Waals surface area contributed by atoms with E-state index in [2.05, 4.69) is 9.97 Å². The van der Waals surface area contributed by atoms with Crippen molar-refractivity contribution in [3.63, 3.8) is 0 Å². The molecule has 1 N–H and O–H groups in total. The number of aromatic nitrogens is 3. The number of aliphatic hydroxyl groups is 1. The highest BCUT2D eigenvalue weighted by Crippen LogP contribution is 2.15. The second kappa shape index (κ2) is 3.14. The molecule has 1 atom stereocenters. The summed E-state index contributed by atoms with van der Waals surface area (Å²) in [5.41, 5.74) is 0.872. The topological polar surface area (TPSA) is 50.9 Å². The largest absolute Gasteiger partial charge is 0.394 e. The molecule has 0 aliphatic carbocycles. The van der Waals surface area contributed by atoms with Crippen LogP contribution in [0, 0.1) is 0 Å². The van der Waals surface area contributed by atoms with Gasteiger partial charge in [-0.05, 0) is 13.0 Å². The van der Waals surface area contributed by atoms with Gasteiger partial charge in [-0.1, -0.05) is 0 Å². The second-order valence-electron chi connectivity index (χ2n) is 3.06. The van der Waals surface area contributed by atoms with E-state index in [0.29, 0.717) is 0 Å². The Morgan fingerprint density at radius 3 is 3.23 bits per heavy atom. The van der Waals surface area contributed by atoms with Crippen molar-refractivity contribution in [2.24, 2.45) is 0 Å². The van der Waals surface area contributed by atoms with Crippen molar-refractivity contribution in [2.75, 3.05) is 6.61 Å². The summed E-state index contributed by atoms with van der Waals surface area (Å²) in [7, 11) is 0. The number of fused-ring (bicyclic) bond motifs is 1. The zero-order valence-electron chi connectivity index (χ0n) is 7.38. The molecule has 0 fully saturated rings. The molecule has 0 bridgehead atoms. The molecule has 4 heteroatoms. The van der Waals surface area contributed by atoms with Crippen molar-refractivity contribution in [2.45, 2.75) is 13.0 Å². The number of hydrogen-bond donors (Lipinski definition) is 1. The third-order valence-electron chi connectivity index (χ3n) is 2.12. The predicted octanol–water partition coefficient (Wildman–Crippen LogP) is 0.985. The highest BCUT2D eigenvalue weighted by Gasteiger charge is 2.06. The lowest BCUT2D eigenvalue weighted by molar-refractivity contribution is 0.241. The van der Waals surface area contributed by atoms with Crippen LogP contribution in [0.2, 0.25) is 0 Å². The molecule has 13 heavy (non-hydrogen) atoms. The Labute approximate surface area is 75.9 Å². The molecule has 2 heterocycles. The second-order valence-corrected chi connectivity index (χ2v) is 3.06. The SMILES string of the molecule is C[C@H](CO)n1ccc2cncnc21. The highest BCUT2D eigenvalue weighted by molar-refractivity contribution is 5.74. The number of aliphatic hydroxyl groups excluding tert-OH is 1. The highest BCUT2D eigenvalue weighted by atomic mass is 16.3. The maximum atomic E-state index is 9.00. The Balaban J connectivity index is 2.57. The van der Waals surface area contributed by atoms with E-state index >= 15 is 0 Å². The first-order valence-corrected chi connectivity index (χ1v) is 4.20. The van der Waals surface area contributed by atoms with E-state index in [-0.39, 0.29) is 12.6 Å². The maximum Gasteiger partial charge on any atom is 0.143 e. The molecule has 0 aliphatic heterocycles. The molecule has 0 radical (unpaired) electrons. The van der Waals surface area contributed by atoms with Gasteiger partial charge in [0.2, 0.25) is 0 Å². The van der Waals surface area contributed by atoms with Gasteiger partial charge in [0.1, 0.15) is 12.0 Å². The van der Waals surface area contributed by atoms with Crippen LogP contribution in [0.25, 0.3) is 11.0 Å². The lowest BCUT2D eigenvalue weighted by Crippen LogP contribution is -2.08. The molecule has 0 saturated heterocycles. The van der Waals surface area contributed by atoms with Gasteiger partial charge in [0.25, 0.3) is 0 Å². The van der Waals surface area contributed by atoms with E-state index in [0.717, 1.165) is 11.0 Å². The monoisotopic (exact) mass is 177 g/mol. The van der Waals surface area contributed by atoms with Gasteiger partial charge >= 0.3 is 0 Å². The summed E-state index contributed by atoms with van der Waals surface area (Å²) in [6, 6.07) is 2.01. The van der Waals surface area contributed by atoms with Crippen LogP contribution in [0.5, 0.6) is 0 Å². The number of rotatable bonds is 2. The van der Waals surface area contributed by atoms with Crippen LogP contribution in [0.3, 0.4) is 0 Å². The minimum Gasteiger partial charge on any atom is -0.394 e. The average Bonchev–Trinajstić information content (AvgIpc) is 2.60. The molecular formula is C9H11N3O. The summed E-state index contributed by atoms with van der Waals surface area (Å²) in [6.07, 6.45) is 5.20. The summed E-state index contributed by atoms with van der Waals surface area (Å²) < 4.78 is 1.94. The first kappa shape index (κ1) is 8.19. The Morgan fingerprint density at radius 2 is 2.46 bits per heavy atom. The van der Waals surface area contributed by atoms with Gasteiger partial charge in [0.05, 0.1) is 12.6 Å². The molecule has 2 rings (SSSR count). The molecule has 4 nitrogen and oxygen atoms in total. The predicted molar refractivity (Wildman–Crippen MR) is 49.3 cm³/mol. The average molecular weight is 177 g/mol. The van der Waals surface area contributed by atoms with Crippen LogP contribution in [0.1, 0.15) is 13.0 Å². The molecule has 0 saturated carbocycles. The molecule has 0 aliphatic rings. The van der Waals surface area contributed by atoms with Gasteiger partial charge in [-0.25, -0.2) is 9.97 Å². The van der Waals surface area contributed by atoms with Crippen molar-refractivity contribution in [1.29, 1.82) is 0 Å². The lowest BCUT2D eigenvalue weighted by Gasteiger charge is -2.10. The summed E-state index contributed by atoms with van der Waals surface area (Å²) in [5, 5.41) is 10.0. The lowest BCUT2D eigenvalue weighted by atomic mass is 10.3. The summed E-state index contributed by atoms with van der Waals surface area (Å²) in [5.74, 6) is 0. The molecule has 0 amide bonds. The van der Waals surface area contributed by atoms with Crippen molar-refractivity contribution >= 4 is 11.0 Å². The van der Waals surface area contributed by atoms with Crippen LogP contribution in [0.4, 0.5) is 0 Å². The minimum absolute atomic E-state index is 0.0624. The van der Waals surface area contributed by atoms with Crippen LogP contribution in [-0.2, 0) is 0 Å². The van der Waals surface area contributed by atoms with E-state index in [1.807, 2.05) is 23.8 Å². The van der Waals surface area contributed by atoms with Crippen LogP contribution >= 0.6 is 0 Å². The number of hydrogen-bond acceptors (Lipinski definition) is 3. The van der Waals surface area contributed by atoms with Crippen LogP contribution in [-0.4, -0.2) is 26.2 Å². The molecule has 0 aromatic carbocycles. The molecule has 68 valence electrons. The van der Waals surface area contributed by atoms with Gasteiger partial charge < -0.3 is 9.67 Å². The van der Waals surface area contributed by atoms with Crippen molar-refractivity contribution in [3.05, 3.63) is 24.8 Å². The molecule has 0 spiro atoms. The Bertz CT molecular complexity index is 410. The van der Waals surface area contributed by atoms with Gasteiger partial charge in [-0.3, -0.25) is 0 Å². The van der Waals surface area contributed by atoms with Crippen molar-refractivity contribution < 1.29 is 5.11 Å². The quantitative estimate of drug-likeness (QED) is 0.744. The Morgan fingerprint density at radius 1 is 1.62 bits per heavy atom. The first-order valence-electron chi connectivity index (χ1n) is 4.20. The maximum absolute atomic E-state index is 9.00. The zero-order chi connectivity index (χ0) is 9.26. The normalized spacial score (nSPS) is 13.4. The third kappa shape index (κ3) is 1.29. The Kier molecular flexibility index (Phi) is 1.98. The fourth-order valence-electron chi connectivity index (χ4n) is 1.34. The van der Waals surface area contributed by atoms with Crippen LogP contribution in [0.15, 0.2) is 24.8 Å². The van der Waals surface area contributed by atoms with Crippen molar-refractivity contribution in [3.8, 4) is 0 Å². The van der Waals surface area contributed by atoms with E-state index in [1.54, 1.807) is 6.20 Å². The molecule has 2 aromatic rings. The van der Waals surface area contributed by atoms with E-state index in [1.165, 1.54) is 6.33 Å². The molecule has 2 aromatic heterocycles. The summed E-state index contributed by atoms with van der Waals surface area (Å²) in [6.45, 7) is 2.06. The fraction of sp³-hybridized carbons (Fsp3) is 0.333. The smallest absolute Gasteiger partial charge is 0.143 e. The number of nitrogens with zero attached hydrogens (tertiary/aromatic N) is 3. The van der Waals surface area contributed by atoms with Gasteiger partial charge in [-0.2, -0.15) is 0 Å². The summed E-state index contributed by atoms with van der Waals surface area (Å²) in [4.78, 5) is 8.08. The van der Waals surface area contributed by atoms with E-state index in [4.69, 9.17) is 5.11 Å². The fourth-order valence-corrected chi connectivity index (χ4v) is 1.34. The minimum atomic E-state index is 0.0624. The van der Waals surface area contributed by atoms with Gasteiger partial charge in [-0.15, -0.1) is 0 Å². The van der Waals surface area contributed by atoms with E-state index in [9.17, 15) is 0 Å². The Hall–Kier alpha value is -1.42. The third-order valence-corrected chi connectivity index (χ3v) is 2.12. The van der Waals surface area contributed by atoms with Gasteiger partial charge in [0, 0.05) is 17.8 Å². The molecule has 0 unspecified atom stereocenters. The van der Waals surface area contributed by atoms with Crippen LogP contribution < -0.4 is 0 Å². The van der Waals surface area contributed by atoms with Gasteiger partial charge in [0.15, 0.2) is 0 Å². The molecular weight excluding hydrogens is 166 g/mol. The standard InChI is InChI=1S/C9H11N3O/c1-7(5-13)12-3-2-8-4-10-6-11-9(8)12/h2-4,6-7,13H,5H2,1H3/t7-/m1/s1. The van der Waals surface area contributed by atoms with E-state index < -0.39 is 0 Å². The summed E-state index contributed by atoms with van der Waals surface area (Å²) >= 11 is 0. The first-order chi connectivity index (χ1) is 6.33. The zero-order valence-corrected chi connectivity index (χ0v) is 7.38.